The lowest BCUT2D eigenvalue weighted by Gasteiger charge is -2.28. The van der Waals surface area contributed by atoms with Crippen molar-refractivity contribution in [3.63, 3.8) is 0 Å². The summed E-state index contributed by atoms with van der Waals surface area (Å²) in [5.41, 5.74) is 0.818. The van der Waals surface area contributed by atoms with E-state index in [4.69, 9.17) is 14.2 Å². The fourth-order valence-corrected chi connectivity index (χ4v) is 3.44. The molecule has 2 aromatic carbocycles. The van der Waals surface area contributed by atoms with Crippen LogP contribution in [-0.2, 0) is 19.1 Å². The van der Waals surface area contributed by atoms with Crippen molar-refractivity contribution in [2.75, 3.05) is 27.9 Å². The first-order chi connectivity index (χ1) is 14.4. The van der Waals surface area contributed by atoms with Crippen molar-refractivity contribution in [3.05, 3.63) is 65.2 Å². The molecule has 1 amide bonds. The van der Waals surface area contributed by atoms with Crippen molar-refractivity contribution in [1.29, 1.82) is 0 Å². The minimum absolute atomic E-state index is 0.0446. The second-order valence-corrected chi connectivity index (χ2v) is 6.65. The fraction of sp³-hybridized carbons (Fsp3) is 0.273. The lowest BCUT2D eigenvalue weighted by atomic mass is 9.95. The summed E-state index contributed by atoms with van der Waals surface area (Å²) in [7, 11) is 4.24. The minimum Gasteiger partial charge on any atom is -0.507 e. The number of carbonyl (C=O) groups excluding carboxylic acids is 2. The number of aliphatic hydroxyl groups excluding tert-OH is 1. The Morgan fingerprint density at radius 2 is 1.73 bits per heavy atom. The first-order valence-electron chi connectivity index (χ1n) is 9.19. The molecule has 158 valence electrons. The van der Waals surface area contributed by atoms with Crippen LogP contribution in [0, 0.1) is 0 Å². The summed E-state index contributed by atoms with van der Waals surface area (Å²) in [4.78, 5) is 27.1. The van der Waals surface area contributed by atoms with Gasteiger partial charge in [0, 0.05) is 19.8 Å². The van der Waals surface area contributed by atoms with Gasteiger partial charge in [-0.2, -0.15) is 0 Å². The normalized spacial score (nSPS) is 18.3. The maximum Gasteiger partial charge on any atom is 0.295 e. The van der Waals surface area contributed by atoms with Gasteiger partial charge in [-0.1, -0.05) is 36.4 Å². The molecule has 1 unspecified atom stereocenters. The molecule has 30 heavy (non-hydrogen) atoms. The lowest BCUT2D eigenvalue weighted by Crippen LogP contribution is -2.38. The van der Waals surface area contributed by atoms with Crippen molar-refractivity contribution in [2.24, 2.45) is 0 Å². The molecule has 8 heteroatoms. The molecule has 8 nitrogen and oxygen atoms in total. The number of likely N-dealkylation sites (tertiary alicyclic amines) is 1. The molecule has 0 saturated carbocycles. The van der Waals surface area contributed by atoms with Crippen molar-refractivity contribution >= 4 is 17.4 Å². The molecular weight excluding hydrogens is 390 g/mol. The summed E-state index contributed by atoms with van der Waals surface area (Å²) < 4.78 is 15.6. The number of hydrogen-bond acceptors (Lipinski definition) is 7. The molecular formula is C22H23NO7. The quantitative estimate of drug-likeness (QED) is 0.311. The van der Waals surface area contributed by atoms with Crippen LogP contribution in [0.1, 0.15) is 17.2 Å². The monoisotopic (exact) mass is 413 g/mol. The number of rotatable bonds is 7. The molecule has 1 fully saturated rings. The largest absolute Gasteiger partial charge is 0.507 e. The number of aromatic hydroxyl groups is 1. The number of benzene rings is 2. The van der Waals surface area contributed by atoms with E-state index in [0.717, 1.165) is 0 Å². The Hall–Kier alpha value is -3.36. The smallest absolute Gasteiger partial charge is 0.295 e. The molecule has 1 aliphatic rings. The standard InChI is InChI=1S/C22H23NO7/c1-28-16-11-14(9-10-15(16)24)19-18(20(25)13-7-5-4-6-8-13)21(26)22(27)23(19)12-17(29-2)30-3/h4-11,17,19,24-25H,12H2,1-3H3. The van der Waals surface area contributed by atoms with Crippen LogP contribution >= 0.6 is 0 Å². The Labute approximate surface area is 173 Å². The third-order valence-corrected chi connectivity index (χ3v) is 4.98. The number of phenols is 1. The maximum absolute atomic E-state index is 12.9. The first kappa shape index (κ1) is 21.4. The van der Waals surface area contributed by atoms with E-state index >= 15 is 0 Å². The third-order valence-electron chi connectivity index (χ3n) is 4.98. The highest BCUT2D eigenvalue weighted by Gasteiger charge is 2.47. The lowest BCUT2D eigenvalue weighted by molar-refractivity contribution is -0.149. The molecule has 1 atom stereocenters. The number of ether oxygens (including phenoxy) is 3. The van der Waals surface area contributed by atoms with Gasteiger partial charge in [-0.05, 0) is 17.7 Å². The van der Waals surface area contributed by atoms with Gasteiger partial charge in [-0.25, -0.2) is 0 Å². The van der Waals surface area contributed by atoms with Gasteiger partial charge in [-0.3, -0.25) is 9.59 Å². The number of amides is 1. The Balaban J connectivity index is 2.19. The van der Waals surface area contributed by atoms with Gasteiger partial charge in [0.2, 0.25) is 0 Å². The summed E-state index contributed by atoms with van der Waals surface area (Å²) >= 11 is 0. The zero-order valence-corrected chi connectivity index (χ0v) is 16.9. The van der Waals surface area contributed by atoms with Crippen LogP contribution in [0.2, 0.25) is 0 Å². The maximum atomic E-state index is 12.9. The van der Waals surface area contributed by atoms with Crippen LogP contribution in [0.5, 0.6) is 11.5 Å². The second-order valence-electron chi connectivity index (χ2n) is 6.65. The van der Waals surface area contributed by atoms with Crippen molar-refractivity contribution in [2.45, 2.75) is 12.3 Å². The molecule has 1 saturated heterocycles. The van der Waals surface area contributed by atoms with E-state index in [9.17, 15) is 19.8 Å². The predicted molar refractivity (Wildman–Crippen MR) is 108 cm³/mol. The second kappa shape index (κ2) is 8.98. The predicted octanol–water partition coefficient (Wildman–Crippen LogP) is 2.44. The number of methoxy groups -OCH3 is 3. The summed E-state index contributed by atoms with van der Waals surface area (Å²) in [5.74, 6) is -1.82. The van der Waals surface area contributed by atoms with Crippen molar-refractivity contribution in [3.8, 4) is 11.5 Å². The molecule has 0 radical (unpaired) electrons. The van der Waals surface area contributed by atoms with Gasteiger partial charge in [0.1, 0.15) is 5.76 Å². The van der Waals surface area contributed by atoms with Gasteiger partial charge in [0.25, 0.3) is 11.7 Å². The van der Waals surface area contributed by atoms with Crippen LogP contribution in [0.4, 0.5) is 0 Å². The molecule has 2 aromatic rings. The van der Waals surface area contributed by atoms with Crippen molar-refractivity contribution in [1.82, 2.24) is 4.90 Å². The van der Waals surface area contributed by atoms with Gasteiger partial charge in [0.05, 0.1) is 25.3 Å². The van der Waals surface area contributed by atoms with E-state index in [0.29, 0.717) is 11.1 Å². The van der Waals surface area contributed by atoms with Crippen LogP contribution in [0.3, 0.4) is 0 Å². The molecule has 0 aromatic heterocycles. The molecule has 0 spiro atoms. The highest BCUT2D eigenvalue weighted by Crippen LogP contribution is 2.41. The SMILES string of the molecule is COc1cc(C2C(=C(O)c3ccccc3)C(=O)C(=O)N2CC(OC)OC)ccc1O. The minimum atomic E-state index is -0.924. The molecule has 3 rings (SSSR count). The Morgan fingerprint density at radius 1 is 1.07 bits per heavy atom. The van der Waals surface area contributed by atoms with Crippen LogP contribution in [0.15, 0.2) is 54.1 Å². The first-order valence-corrected chi connectivity index (χ1v) is 9.19. The van der Waals surface area contributed by atoms with E-state index in [1.165, 1.54) is 38.4 Å². The Morgan fingerprint density at radius 3 is 2.33 bits per heavy atom. The summed E-state index contributed by atoms with van der Waals surface area (Å²) in [6.45, 7) is -0.0446. The number of ketones is 1. The molecule has 0 bridgehead atoms. The molecule has 1 heterocycles. The molecule has 0 aliphatic carbocycles. The molecule has 2 N–H and O–H groups in total. The zero-order chi connectivity index (χ0) is 21.8. The number of carbonyl (C=O) groups is 2. The van der Waals surface area contributed by atoms with E-state index in [2.05, 4.69) is 0 Å². The van der Waals surface area contributed by atoms with Crippen LogP contribution in [0.25, 0.3) is 5.76 Å². The topological polar surface area (TPSA) is 106 Å². The molecule has 1 aliphatic heterocycles. The van der Waals surface area contributed by atoms with Crippen LogP contribution < -0.4 is 4.74 Å². The highest BCUT2D eigenvalue weighted by molar-refractivity contribution is 6.46. The van der Waals surface area contributed by atoms with Gasteiger partial charge >= 0.3 is 0 Å². The third kappa shape index (κ3) is 3.87. The van der Waals surface area contributed by atoms with E-state index in [1.54, 1.807) is 36.4 Å². The summed E-state index contributed by atoms with van der Waals surface area (Å²) in [5, 5.41) is 20.9. The average molecular weight is 413 g/mol. The number of Topliss-reactive ketones (excluding diaryl/α,β-unsaturated/α-hetero) is 1. The van der Waals surface area contributed by atoms with E-state index in [-0.39, 0.29) is 29.4 Å². The van der Waals surface area contributed by atoms with E-state index < -0.39 is 24.0 Å². The number of nitrogens with zero attached hydrogens (tertiary/aromatic N) is 1. The zero-order valence-electron chi connectivity index (χ0n) is 16.9. The Kier molecular flexibility index (Phi) is 6.39. The number of phenolic OH excluding ortho intramolecular Hbond substituents is 1. The van der Waals surface area contributed by atoms with Crippen LogP contribution in [-0.4, -0.2) is 61.0 Å². The average Bonchev–Trinajstić information content (AvgIpc) is 3.02. The Bertz CT molecular complexity index is 967. The number of aliphatic hydroxyl groups is 1. The van der Waals surface area contributed by atoms with Gasteiger partial charge in [-0.15, -0.1) is 0 Å². The number of hydrogen-bond donors (Lipinski definition) is 2. The highest BCUT2D eigenvalue weighted by atomic mass is 16.7. The van der Waals surface area contributed by atoms with Gasteiger partial charge < -0.3 is 29.3 Å². The van der Waals surface area contributed by atoms with E-state index in [1.807, 2.05) is 0 Å². The summed E-state index contributed by atoms with van der Waals surface area (Å²) in [6.07, 6.45) is -0.776. The summed E-state index contributed by atoms with van der Waals surface area (Å²) in [6, 6.07) is 12.1. The van der Waals surface area contributed by atoms with Gasteiger partial charge in [0.15, 0.2) is 17.8 Å². The fourth-order valence-electron chi connectivity index (χ4n) is 3.44. The van der Waals surface area contributed by atoms with Crippen molar-refractivity contribution < 1.29 is 34.0 Å².